The first kappa shape index (κ1) is 18.4. The van der Waals surface area contributed by atoms with Gasteiger partial charge in [0.15, 0.2) is 0 Å². The van der Waals surface area contributed by atoms with Crippen molar-refractivity contribution in [2.45, 2.75) is 19.9 Å². The Kier molecular flexibility index (Phi) is 8.84. The fourth-order valence-electron chi connectivity index (χ4n) is 2.51. The normalized spacial score (nSPS) is 18.9. The standard InChI is InChI=1S/C15H32N4O2/c1-5-16-14(15(20)21-6-2)13-19-11-9-18(10-12-19)8-7-17(3)4/h14,16H,5-13H2,1-4H3. The van der Waals surface area contributed by atoms with Crippen molar-refractivity contribution in [1.29, 1.82) is 0 Å². The molecule has 0 aromatic heterocycles. The van der Waals surface area contributed by atoms with Crippen LogP contribution in [0.1, 0.15) is 13.8 Å². The maximum Gasteiger partial charge on any atom is 0.324 e. The molecule has 1 saturated heterocycles. The van der Waals surface area contributed by atoms with E-state index >= 15 is 0 Å². The molecule has 1 heterocycles. The molecule has 6 nitrogen and oxygen atoms in total. The summed E-state index contributed by atoms with van der Waals surface area (Å²) in [5, 5.41) is 3.23. The summed E-state index contributed by atoms with van der Waals surface area (Å²) in [5.41, 5.74) is 0. The molecule has 0 spiro atoms. The van der Waals surface area contributed by atoms with Gasteiger partial charge in [0.2, 0.25) is 0 Å². The molecule has 1 rings (SSSR count). The monoisotopic (exact) mass is 300 g/mol. The summed E-state index contributed by atoms with van der Waals surface area (Å²) in [6.45, 7) is 12.3. The zero-order valence-electron chi connectivity index (χ0n) is 14.1. The minimum absolute atomic E-state index is 0.130. The van der Waals surface area contributed by atoms with Crippen LogP contribution in [0.3, 0.4) is 0 Å². The van der Waals surface area contributed by atoms with Gasteiger partial charge in [-0.1, -0.05) is 6.92 Å². The summed E-state index contributed by atoms with van der Waals surface area (Å²) >= 11 is 0. The van der Waals surface area contributed by atoms with Gasteiger partial charge >= 0.3 is 5.97 Å². The van der Waals surface area contributed by atoms with Crippen molar-refractivity contribution in [2.75, 3.05) is 73.1 Å². The number of carbonyl (C=O) groups excluding carboxylic acids is 1. The second-order valence-electron chi connectivity index (χ2n) is 5.81. The fraction of sp³-hybridized carbons (Fsp3) is 0.933. The number of nitrogens with one attached hydrogen (secondary N) is 1. The lowest BCUT2D eigenvalue weighted by Gasteiger charge is -2.36. The Balaban J connectivity index is 2.33. The topological polar surface area (TPSA) is 48.0 Å². The van der Waals surface area contributed by atoms with Gasteiger partial charge in [-0.05, 0) is 27.6 Å². The van der Waals surface area contributed by atoms with E-state index in [1.165, 1.54) is 0 Å². The first-order chi connectivity index (χ1) is 10.1. The van der Waals surface area contributed by atoms with Crippen LogP contribution in [0.25, 0.3) is 0 Å². The number of hydrogen-bond acceptors (Lipinski definition) is 6. The Hall–Kier alpha value is -0.690. The summed E-state index contributed by atoms with van der Waals surface area (Å²) < 4.78 is 5.14. The molecule has 0 amide bonds. The summed E-state index contributed by atoms with van der Waals surface area (Å²) in [7, 11) is 4.22. The number of rotatable bonds is 9. The molecule has 0 aliphatic carbocycles. The van der Waals surface area contributed by atoms with Gasteiger partial charge in [0.25, 0.3) is 0 Å². The van der Waals surface area contributed by atoms with Crippen LogP contribution in [-0.4, -0.2) is 99.8 Å². The smallest absolute Gasteiger partial charge is 0.324 e. The zero-order chi connectivity index (χ0) is 15.7. The SMILES string of the molecule is CCNC(CN1CCN(CCN(C)C)CC1)C(=O)OCC. The Bertz CT molecular complexity index is 291. The third-order valence-electron chi connectivity index (χ3n) is 3.79. The second-order valence-corrected chi connectivity index (χ2v) is 5.81. The lowest BCUT2D eigenvalue weighted by Crippen LogP contribution is -2.53. The summed E-state index contributed by atoms with van der Waals surface area (Å²) in [6, 6.07) is -0.205. The Morgan fingerprint density at radius 1 is 1.19 bits per heavy atom. The number of ether oxygens (including phenoxy) is 1. The fourth-order valence-corrected chi connectivity index (χ4v) is 2.51. The Labute approximate surface area is 129 Å². The maximum absolute atomic E-state index is 11.9. The third-order valence-corrected chi connectivity index (χ3v) is 3.79. The van der Waals surface area contributed by atoms with Crippen LogP contribution >= 0.6 is 0 Å². The van der Waals surface area contributed by atoms with Crippen LogP contribution in [0.4, 0.5) is 0 Å². The van der Waals surface area contributed by atoms with Gasteiger partial charge in [0.05, 0.1) is 6.61 Å². The first-order valence-electron chi connectivity index (χ1n) is 8.06. The molecule has 0 bridgehead atoms. The molecule has 0 radical (unpaired) electrons. The highest BCUT2D eigenvalue weighted by atomic mass is 16.5. The van der Waals surface area contributed by atoms with Crippen molar-refractivity contribution in [1.82, 2.24) is 20.0 Å². The van der Waals surface area contributed by atoms with E-state index in [1.807, 2.05) is 13.8 Å². The Morgan fingerprint density at radius 3 is 2.33 bits per heavy atom. The highest BCUT2D eigenvalue weighted by Gasteiger charge is 2.24. The summed E-state index contributed by atoms with van der Waals surface area (Å²) in [5.74, 6) is -0.130. The molecule has 1 N–H and O–H groups in total. The van der Waals surface area contributed by atoms with Crippen LogP contribution in [0.2, 0.25) is 0 Å². The molecule has 1 aliphatic rings. The van der Waals surface area contributed by atoms with Crippen molar-refractivity contribution < 1.29 is 9.53 Å². The molecule has 0 saturated carbocycles. The Morgan fingerprint density at radius 2 is 1.81 bits per heavy atom. The van der Waals surface area contributed by atoms with E-state index in [0.717, 1.165) is 52.4 Å². The quantitative estimate of drug-likeness (QED) is 0.591. The minimum atomic E-state index is -0.205. The predicted molar refractivity (Wildman–Crippen MR) is 85.5 cm³/mol. The van der Waals surface area contributed by atoms with Crippen LogP contribution in [0.15, 0.2) is 0 Å². The average Bonchev–Trinajstić information content (AvgIpc) is 2.46. The van der Waals surface area contributed by atoms with Gasteiger partial charge in [-0.15, -0.1) is 0 Å². The summed E-state index contributed by atoms with van der Waals surface area (Å²) in [4.78, 5) is 19.0. The van der Waals surface area contributed by atoms with E-state index in [2.05, 4.69) is 34.1 Å². The molecular weight excluding hydrogens is 268 g/mol. The lowest BCUT2D eigenvalue weighted by molar-refractivity contribution is -0.146. The van der Waals surface area contributed by atoms with Crippen LogP contribution < -0.4 is 5.32 Å². The van der Waals surface area contributed by atoms with Gasteiger partial charge < -0.3 is 15.0 Å². The molecule has 6 heteroatoms. The second kappa shape index (κ2) is 10.1. The minimum Gasteiger partial charge on any atom is -0.465 e. The molecule has 1 unspecified atom stereocenters. The van der Waals surface area contributed by atoms with Crippen LogP contribution in [-0.2, 0) is 9.53 Å². The lowest BCUT2D eigenvalue weighted by atomic mass is 10.2. The van der Waals surface area contributed by atoms with Crippen molar-refractivity contribution >= 4 is 5.97 Å². The number of nitrogens with zero attached hydrogens (tertiary/aromatic N) is 3. The molecule has 1 fully saturated rings. The molecule has 21 heavy (non-hydrogen) atoms. The predicted octanol–water partition coefficient (Wildman–Crippen LogP) is -0.293. The van der Waals surface area contributed by atoms with Gasteiger partial charge in [-0.3, -0.25) is 14.6 Å². The van der Waals surface area contributed by atoms with E-state index in [9.17, 15) is 4.79 Å². The molecule has 1 aliphatic heterocycles. The van der Waals surface area contributed by atoms with Crippen molar-refractivity contribution in [2.24, 2.45) is 0 Å². The average molecular weight is 300 g/mol. The number of piperazine rings is 1. The van der Waals surface area contributed by atoms with Gasteiger partial charge in [-0.2, -0.15) is 0 Å². The van der Waals surface area contributed by atoms with Crippen LogP contribution in [0.5, 0.6) is 0 Å². The van der Waals surface area contributed by atoms with E-state index < -0.39 is 0 Å². The van der Waals surface area contributed by atoms with E-state index in [0.29, 0.717) is 6.61 Å². The zero-order valence-corrected chi connectivity index (χ0v) is 14.1. The number of carbonyl (C=O) groups is 1. The van der Waals surface area contributed by atoms with Gasteiger partial charge in [0.1, 0.15) is 6.04 Å². The molecular formula is C15H32N4O2. The number of likely N-dealkylation sites (N-methyl/N-ethyl adjacent to an activating group) is 2. The van der Waals surface area contributed by atoms with Gasteiger partial charge in [-0.25, -0.2) is 0 Å². The molecule has 0 aromatic carbocycles. The number of esters is 1. The summed E-state index contributed by atoms with van der Waals surface area (Å²) in [6.07, 6.45) is 0. The van der Waals surface area contributed by atoms with Crippen LogP contribution in [0, 0.1) is 0 Å². The highest BCUT2D eigenvalue weighted by molar-refractivity contribution is 5.76. The van der Waals surface area contributed by atoms with Crippen molar-refractivity contribution in [3.05, 3.63) is 0 Å². The van der Waals surface area contributed by atoms with E-state index in [-0.39, 0.29) is 12.0 Å². The van der Waals surface area contributed by atoms with Gasteiger partial charge in [0, 0.05) is 45.8 Å². The molecule has 0 aromatic rings. The van der Waals surface area contributed by atoms with E-state index in [1.54, 1.807) is 0 Å². The van der Waals surface area contributed by atoms with Crippen molar-refractivity contribution in [3.8, 4) is 0 Å². The maximum atomic E-state index is 11.9. The highest BCUT2D eigenvalue weighted by Crippen LogP contribution is 2.04. The third kappa shape index (κ3) is 7.22. The van der Waals surface area contributed by atoms with E-state index in [4.69, 9.17) is 4.74 Å². The molecule has 1 atom stereocenters. The largest absolute Gasteiger partial charge is 0.465 e. The number of hydrogen-bond donors (Lipinski definition) is 1. The van der Waals surface area contributed by atoms with Crippen molar-refractivity contribution in [3.63, 3.8) is 0 Å². The first-order valence-corrected chi connectivity index (χ1v) is 8.06. The molecule has 124 valence electrons.